The van der Waals surface area contributed by atoms with Gasteiger partial charge in [0.15, 0.2) is 14.6 Å². The lowest BCUT2D eigenvalue weighted by molar-refractivity contribution is -0.159. The van der Waals surface area contributed by atoms with Gasteiger partial charge in [0.05, 0.1) is 13.0 Å². The van der Waals surface area contributed by atoms with Crippen molar-refractivity contribution >= 4 is 14.3 Å². The minimum atomic E-state index is -1.87. The van der Waals surface area contributed by atoms with Crippen LogP contribution in [0.1, 0.15) is 112 Å². The lowest BCUT2D eigenvalue weighted by atomic mass is 10.2. The molecule has 0 aliphatic carbocycles. The predicted molar refractivity (Wildman–Crippen MR) is 159 cm³/mol. The van der Waals surface area contributed by atoms with Crippen molar-refractivity contribution in [3.8, 4) is 0 Å². The summed E-state index contributed by atoms with van der Waals surface area (Å²) in [5.74, 6) is -0.207. The molecule has 1 radical (unpaired) electrons. The van der Waals surface area contributed by atoms with Crippen LogP contribution in [0.25, 0.3) is 0 Å². The van der Waals surface area contributed by atoms with Gasteiger partial charge in [0.1, 0.15) is 0 Å². The van der Waals surface area contributed by atoms with Gasteiger partial charge in [-0.15, -0.1) is 0 Å². The number of carbonyl (C=O) groups excluding carboxylic acids is 1. The van der Waals surface area contributed by atoms with Crippen LogP contribution >= 0.6 is 0 Å². The Labute approximate surface area is 230 Å². The SMILES string of the molecule is [CH2]CC(CCOC(=O)CCC(OCCCC/C=C\CC)OCCCC/C=C\CC)O[Si](C)(C)C(C)(C)C. The van der Waals surface area contributed by atoms with Crippen molar-refractivity contribution in [1.82, 2.24) is 0 Å². The summed E-state index contributed by atoms with van der Waals surface area (Å²) in [7, 11) is -1.87. The summed E-state index contributed by atoms with van der Waals surface area (Å²) >= 11 is 0. The lowest BCUT2D eigenvalue weighted by Crippen LogP contribution is -2.44. The van der Waals surface area contributed by atoms with Gasteiger partial charge in [0, 0.05) is 32.2 Å². The Morgan fingerprint density at radius 1 is 0.838 bits per heavy atom. The molecule has 0 bridgehead atoms. The van der Waals surface area contributed by atoms with Crippen molar-refractivity contribution in [1.29, 1.82) is 0 Å². The highest BCUT2D eigenvalue weighted by atomic mass is 28.4. The Hall–Kier alpha value is -0.953. The zero-order valence-corrected chi connectivity index (χ0v) is 26.3. The zero-order valence-electron chi connectivity index (χ0n) is 25.3. The largest absolute Gasteiger partial charge is 0.466 e. The van der Waals surface area contributed by atoms with E-state index in [9.17, 15) is 4.79 Å². The Morgan fingerprint density at radius 3 is 1.84 bits per heavy atom. The second kappa shape index (κ2) is 21.9. The first kappa shape index (κ1) is 36.0. The molecule has 1 atom stereocenters. The third-order valence-corrected chi connectivity index (χ3v) is 11.4. The van der Waals surface area contributed by atoms with E-state index in [2.05, 4.69) is 78.9 Å². The van der Waals surface area contributed by atoms with Gasteiger partial charge in [-0.2, -0.15) is 0 Å². The molecule has 0 aliphatic rings. The number of ether oxygens (including phenoxy) is 3. The Balaban J connectivity index is 4.46. The Kier molecular flexibility index (Phi) is 21.4. The maximum absolute atomic E-state index is 12.4. The summed E-state index contributed by atoms with van der Waals surface area (Å²) in [5, 5.41) is 0.143. The molecule has 0 amide bonds. The van der Waals surface area contributed by atoms with E-state index in [4.69, 9.17) is 18.6 Å². The molecule has 0 aromatic carbocycles. The molecular formula is C31H59O5Si. The van der Waals surface area contributed by atoms with Gasteiger partial charge >= 0.3 is 5.97 Å². The molecule has 0 fully saturated rings. The summed E-state index contributed by atoms with van der Waals surface area (Å²) in [6.45, 7) is 21.2. The summed E-state index contributed by atoms with van der Waals surface area (Å²) in [6.07, 6.45) is 19.2. The second-order valence-corrected chi connectivity index (χ2v) is 16.0. The fourth-order valence-corrected chi connectivity index (χ4v) is 4.83. The van der Waals surface area contributed by atoms with Gasteiger partial charge in [-0.25, -0.2) is 0 Å². The number of esters is 1. The monoisotopic (exact) mass is 539 g/mol. The van der Waals surface area contributed by atoms with E-state index in [1.807, 2.05) is 0 Å². The molecule has 0 rings (SSSR count). The molecule has 0 N–H and O–H groups in total. The van der Waals surface area contributed by atoms with Gasteiger partial charge in [-0.1, -0.05) is 65.8 Å². The van der Waals surface area contributed by atoms with Crippen LogP contribution in [-0.2, 0) is 23.4 Å². The number of unbranched alkanes of at least 4 members (excludes halogenated alkanes) is 4. The number of hydrogen-bond acceptors (Lipinski definition) is 5. The summed E-state index contributed by atoms with van der Waals surface area (Å²) in [5.41, 5.74) is 0. The van der Waals surface area contributed by atoms with Crippen molar-refractivity contribution in [2.75, 3.05) is 19.8 Å². The normalized spacial score (nSPS) is 13.8. The van der Waals surface area contributed by atoms with Gasteiger partial charge in [0.25, 0.3) is 0 Å². The first-order chi connectivity index (χ1) is 17.6. The molecule has 5 nitrogen and oxygen atoms in total. The summed E-state index contributed by atoms with van der Waals surface area (Å²) in [6, 6.07) is 0. The topological polar surface area (TPSA) is 54.0 Å². The molecule has 0 spiro atoms. The molecule has 1 unspecified atom stereocenters. The van der Waals surface area contributed by atoms with Crippen molar-refractivity contribution in [3.63, 3.8) is 0 Å². The quantitative estimate of drug-likeness (QED) is 0.0426. The van der Waals surface area contributed by atoms with Crippen LogP contribution < -0.4 is 0 Å². The van der Waals surface area contributed by atoms with Crippen molar-refractivity contribution in [2.24, 2.45) is 0 Å². The van der Waals surface area contributed by atoms with E-state index in [1.165, 1.54) is 0 Å². The molecule has 0 aromatic rings. The van der Waals surface area contributed by atoms with Gasteiger partial charge in [-0.3, -0.25) is 4.79 Å². The smallest absolute Gasteiger partial charge is 0.305 e. The van der Waals surface area contributed by atoms with E-state index in [-0.39, 0.29) is 23.4 Å². The number of carbonyl (C=O) groups is 1. The predicted octanol–water partition coefficient (Wildman–Crippen LogP) is 8.95. The van der Waals surface area contributed by atoms with Crippen LogP contribution in [0.4, 0.5) is 0 Å². The molecular weight excluding hydrogens is 480 g/mol. The Morgan fingerprint density at radius 2 is 1.38 bits per heavy atom. The minimum absolute atomic E-state index is 0.0208. The number of rotatable bonds is 23. The standard InChI is InChI=1S/C31H59O5Si/c1-9-12-14-16-18-20-25-34-30(35-26-21-19-17-15-13-10-2)23-22-29(32)33-27-24-28(11-3)36-37(7,8)31(4,5)6/h12-15,28,30H,3,9-11,16-27H2,1-2,4-8H3/b14-12-,15-13-. The van der Waals surface area contributed by atoms with Gasteiger partial charge in [0.2, 0.25) is 0 Å². The fraction of sp³-hybridized carbons (Fsp3) is 0.806. The Bertz CT molecular complexity index is 585. The van der Waals surface area contributed by atoms with Gasteiger partial charge < -0.3 is 18.6 Å². The molecule has 0 heterocycles. The fourth-order valence-electron chi connectivity index (χ4n) is 3.41. The summed E-state index contributed by atoms with van der Waals surface area (Å²) < 4.78 is 24.0. The number of allylic oxidation sites excluding steroid dienone is 4. The highest BCUT2D eigenvalue weighted by Gasteiger charge is 2.38. The minimum Gasteiger partial charge on any atom is -0.466 e. The van der Waals surface area contributed by atoms with Gasteiger partial charge in [-0.05, 0) is 75.9 Å². The van der Waals surface area contributed by atoms with Crippen molar-refractivity contribution < 1.29 is 23.4 Å². The lowest BCUT2D eigenvalue weighted by Gasteiger charge is -2.39. The molecule has 0 saturated heterocycles. The molecule has 0 aliphatic heterocycles. The summed E-state index contributed by atoms with van der Waals surface area (Å²) in [4.78, 5) is 12.4. The van der Waals surface area contributed by atoms with Crippen LogP contribution in [0.15, 0.2) is 24.3 Å². The van der Waals surface area contributed by atoms with Crippen LogP contribution in [-0.4, -0.2) is 46.5 Å². The molecule has 217 valence electrons. The molecule has 37 heavy (non-hydrogen) atoms. The number of hydrogen-bond donors (Lipinski definition) is 0. The van der Waals surface area contributed by atoms with Crippen molar-refractivity contribution in [3.05, 3.63) is 31.2 Å². The first-order valence-corrected chi connectivity index (χ1v) is 17.6. The van der Waals surface area contributed by atoms with E-state index < -0.39 is 8.32 Å². The van der Waals surface area contributed by atoms with E-state index in [0.29, 0.717) is 45.5 Å². The average Bonchev–Trinajstić information content (AvgIpc) is 2.84. The van der Waals surface area contributed by atoms with E-state index in [1.54, 1.807) is 0 Å². The zero-order chi connectivity index (χ0) is 28.0. The van der Waals surface area contributed by atoms with Crippen LogP contribution in [0.2, 0.25) is 18.1 Å². The highest BCUT2D eigenvalue weighted by Crippen LogP contribution is 2.37. The highest BCUT2D eigenvalue weighted by molar-refractivity contribution is 6.74. The maximum Gasteiger partial charge on any atom is 0.305 e. The van der Waals surface area contributed by atoms with Crippen LogP contribution in [0.3, 0.4) is 0 Å². The molecule has 6 heteroatoms. The van der Waals surface area contributed by atoms with Crippen LogP contribution in [0, 0.1) is 6.92 Å². The third kappa shape index (κ3) is 19.7. The maximum atomic E-state index is 12.4. The third-order valence-electron chi connectivity index (χ3n) is 6.82. The molecule has 0 aromatic heterocycles. The van der Waals surface area contributed by atoms with Crippen molar-refractivity contribution in [2.45, 2.75) is 142 Å². The second-order valence-electron chi connectivity index (χ2n) is 11.3. The first-order valence-electron chi connectivity index (χ1n) is 14.7. The average molecular weight is 540 g/mol. The van der Waals surface area contributed by atoms with E-state index in [0.717, 1.165) is 51.4 Å². The van der Waals surface area contributed by atoms with Crippen LogP contribution in [0.5, 0.6) is 0 Å². The molecule has 0 saturated carbocycles. The van der Waals surface area contributed by atoms with E-state index >= 15 is 0 Å².